The number of nitrogens with one attached hydrogen (secondary N) is 1. The zero-order chi connectivity index (χ0) is 18.7. The minimum atomic E-state index is -0.694. The highest BCUT2D eigenvalue weighted by Gasteiger charge is 2.34. The molecular formula is C19H22N6OS. The van der Waals surface area contributed by atoms with Gasteiger partial charge in [0, 0.05) is 24.0 Å². The summed E-state index contributed by atoms with van der Waals surface area (Å²) < 4.78 is 2.12. The van der Waals surface area contributed by atoms with E-state index in [0.29, 0.717) is 6.04 Å². The summed E-state index contributed by atoms with van der Waals surface area (Å²) in [6.45, 7) is 0. The maximum absolute atomic E-state index is 12.5. The molecule has 0 aliphatic heterocycles. The first-order valence-corrected chi connectivity index (χ1v) is 10.4. The number of nitrogens with zero attached hydrogens (tertiary/aromatic N) is 5. The van der Waals surface area contributed by atoms with Crippen molar-refractivity contribution in [3.8, 4) is 17.5 Å². The molecule has 0 atom stereocenters. The number of aromatic nitrogens is 4. The number of carbonyl (C=O) groups is 1. The predicted molar refractivity (Wildman–Crippen MR) is 102 cm³/mol. The summed E-state index contributed by atoms with van der Waals surface area (Å²) in [6.07, 6.45) is 10.3. The Morgan fingerprint density at radius 1 is 1.33 bits per heavy atom. The molecule has 2 aliphatic rings. The molecule has 4 rings (SSSR count). The second-order valence-electron chi connectivity index (χ2n) is 7.24. The molecule has 0 radical (unpaired) electrons. The molecule has 0 unspecified atom stereocenters. The van der Waals surface area contributed by atoms with E-state index in [0.717, 1.165) is 61.5 Å². The Morgan fingerprint density at radius 2 is 2.15 bits per heavy atom. The molecule has 0 saturated heterocycles. The Morgan fingerprint density at radius 3 is 2.81 bits per heavy atom. The fraction of sp³-hybridized carbons (Fsp3) is 0.526. The lowest BCUT2D eigenvalue weighted by Crippen LogP contribution is -2.49. The minimum absolute atomic E-state index is 0.114. The Bertz CT molecular complexity index is 849. The molecule has 0 bridgehead atoms. The monoisotopic (exact) mass is 382 g/mol. The average molecular weight is 382 g/mol. The van der Waals surface area contributed by atoms with Gasteiger partial charge in [0.05, 0.1) is 11.8 Å². The summed E-state index contributed by atoms with van der Waals surface area (Å²) in [4.78, 5) is 16.6. The normalized spacial score (nSPS) is 18.6. The van der Waals surface area contributed by atoms with Gasteiger partial charge in [0.1, 0.15) is 5.54 Å². The van der Waals surface area contributed by atoms with Crippen LogP contribution in [0.1, 0.15) is 51.0 Å². The van der Waals surface area contributed by atoms with Crippen molar-refractivity contribution in [2.45, 2.75) is 61.7 Å². The van der Waals surface area contributed by atoms with Crippen molar-refractivity contribution in [3.63, 3.8) is 0 Å². The lowest BCUT2D eigenvalue weighted by Gasteiger charge is -2.31. The molecule has 7 nitrogen and oxygen atoms in total. The maximum atomic E-state index is 12.5. The first kappa shape index (κ1) is 18.0. The smallest absolute Gasteiger partial charge is 0.231 e. The summed E-state index contributed by atoms with van der Waals surface area (Å²) >= 11 is 1.38. The van der Waals surface area contributed by atoms with Crippen LogP contribution in [-0.2, 0) is 4.79 Å². The third kappa shape index (κ3) is 3.98. The topological polar surface area (TPSA) is 96.5 Å². The number of pyridine rings is 1. The van der Waals surface area contributed by atoms with Gasteiger partial charge in [-0.2, -0.15) is 5.26 Å². The largest absolute Gasteiger partial charge is 0.337 e. The van der Waals surface area contributed by atoms with Crippen molar-refractivity contribution in [2.24, 2.45) is 0 Å². The molecule has 2 heterocycles. The van der Waals surface area contributed by atoms with Crippen molar-refractivity contribution in [1.29, 1.82) is 5.26 Å². The van der Waals surface area contributed by atoms with E-state index in [1.54, 1.807) is 12.4 Å². The molecule has 27 heavy (non-hydrogen) atoms. The Hall–Kier alpha value is -2.40. The highest BCUT2D eigenvalue weighted by atomic mass is 32.2. The van der Waals surface area contributed by atoms with Crippen LogP contribution in [-0.4, -0.2) is 36.9 Å². The van der Waals surface area contributed by atoms with E-state index < -0.39 is 5.54 Å². The van der Waals surface area contributed by atoms with Crippen LogP contribution in [0, 0.1) is 11.3 Å². The lowest BCUT2D eigenvalue weighted by atomic mass is 9.83. The van der Waals surface area contributed by atoms with E-state index in [1.807, 2.05) is 12.1 Å². The van der Waals surface area contributed by atoms with Crippen molar-refractivity contribution in [3.05, 3.63) is 24.5 Å². The van der Waals surface area contributed by atoms with Gasteiger partial charge in [-0.1, -0.05) is 31.0 Å². The summed E-state index contributed by atoms with van der Waals surface area (Å²) in [5, 5.41) is 21.9. The SMILES string of the molecule is N#CC1(NC(=O)CSc2nnc(-c3cccnc3)n2C2CC2)CCCCC1. The summed E-state index contributed by atoms with van der Waals surface area (Å²) in [5.74, 6) is 0.924. The van der Waals surface area contributed by atoms with Crippen LogP contribution in [0.3, 0.4) is 0 Å². The van der Waals surface area contributed by atoms with Gasteiger partial charge >= 0.3 is 0 Å². The molecule has 2 fully saturated rings. The van der Waals surface area contributed by atoms with E-state index in [1.165, 1.54) is 11.8 Å². The van der Waals surface area contributed by atoms with Crippen LogP contribution < -0.4 is 5.32 Å². The summed E-state index contributed by atoms with van der Waals surface area (Å²) in [7, 11) is 0. The van der Waals surface area contributed by atoms with E-state index >= 15 is 0 Å². The van der Waals surface area contributed by atoms with Gasteiger partial charge in [-0.15, -0.1) is 10.2 Å². The zero-order valence-electron chi connectivity index (χ0n) is 15.1. The van der Waals surface area contributed by atoms with Gasteiger partial charge in [0.25, 0.3) is 0 Å². The van der Waals surface area contributed by atoms with Crippen LogP contribution >= 0.6 is 11.8 Å². The number of hydrogen-bond donors (Lipinski definition) is 1. The molecule has 2 saturated carbocycles. The number of amides is 1. The number of carbonyl (C=O) groups excluding carboxylic acids is 1. The predicted octanol–water partition coefficient (Wildman–Crippen LogP) is 3.11. The van der Waals surface area contributed by atoms with Crippen molar-refractivity contribution >= 4 is 17.7 Å². The Balaban J connectivity index is 1.45. The fourth-order valence-corrected chi connectivity index (χ4v) is 4.39. The van der Waals surface area contributed by atoms with Crippen LogP contribution in [0.4, 0.5) is 0 Å². The second-order valence-corrected chi connectivity index (χ2v) is 8.18. The number of thioether (sulfide) groups is 1. The highest BCUT2D eigenvalue weighted by molar-refractivity contribution is 7.99. The average Bonchev–Trinajstić information content (AvgIpc) is 3.46. The summed E-state index contributed by atoms with van der Waals surface area (Å²) in [6, 6.07) is 6.57. The number of rotatable bonds is 6. The van der Waals surface area contributed by atoms with Crippen LogP contribution in [0.15, 0.2) is 29.7 Å². The molecule has 0 spiro atoms. The molecule has 8 heteroatoms. The molecule has 2 aliphatic carbocycles. The standard InChI is InChI=1S/C19H22N6OS/c20-13-19(8-2-1-3-9-19)22-16(26)12-27-18-24-23-17(25(18)15-6-7-15)14-5-4-10-21-11-14/h4-5,10-11,15H,1-3,6-9,12H2,(H,22,26). The Kier molecular flexibility index (Phi) is 5.12. The van der Waals surface area contributed by atoms with E-state index in [4.69, 9.17) is 0 Å². The first-order chi connectivity index (χ1) is 13.2. The van der Waals surface area contributed by atoms with Gasteiger partial charge in [-0.3, -0.25) is 14.3 Å². The number of nitriles is 1. The molecule has 0 aromatic carbocycles. The third-order valence-electron chi connectivity index (χ3n) is 5.13. The molecule has 1 amide bonds. The van der Waals surface area contributed by atoms with E-state index in [2.05, 4.69) is 31.1 Å². The highest BCUT2D eigenvalue weighted by Crippen LogP contribution is 2.41. The molecular weight excluding hydrogens is 360 g/mol. The van der Waals surface area contributed by atoms with E-state index in [9.17, 15) is 10.1 Å². The fourth-order valence-electron chi connectivity index (χ4n) is 3.58. The van der Waals surface area contributed by atoms with Crippen molar-refractivity contribution in [2.75, 3.05) is 5.75 Å². The quantitative estimate of drug-likeness (QED) is 0.771. The van der Waals surface area contributed by atoms with E-state index in [-0.39, 0.29) is 11.7 Å². The molecule has 1 N–H and O–H groups in total. The van der Waals surface area contributed by atoms with Crippen molar-refractivity contribution < 1.29 is 4.79 Å². The van der Waals surface area contributed by atoms with Gasteiger partial charge in [0.15, 0.2) is 11.0 Å². The lowest BCUT2D eigenvalue weighted by molar-refractivity contribution is -0.120. The van der Waals surface area contributed by atoms with Crippen LogP contribution in [0.2, 0.25) is 0 Å². The second kappa shape index (κ2) is 7.69. The molecule has 2 aromatic heterocycles. The van der Waals surface area contributed by atoms with Crippen LogP contribution in [0.5, 0.6) is 0 Å². The Labute approximate surface area is 162 Å². The minimum Gasteiger partial charge on any atom is -0.337 e. The molecule has 140 valence electrons. The summed E-state index contributed by atoms with van der Waals surface area (Å²) in [5.41, 5.74) is 0.236. The maximum Gasteiger partial charge on any atom is 0.231 e. The van der Waals surface area contributed by atoms with Gasteiger partial charge in [0.2, 0.25) is 5.91 Å². The first-order valence-electron chi connectivity index (χ1n) is 9.41. The third-order valence-corrected chi connectivity index (χ3v) is 6.07. The van der Waals surface area contributed by atoms with Gasteiger partial charge < -0.3 is 5.32 Å². The van der Waals surface area contributed by atoms with Crippen molar-refractivity contribution in [1.82, 2.24) is 25.1 Å². The number of hydrogen-bond acceptors (Lipinski definition) is 6. The molecule has 2 aromatic rings. The van der Waals surface area contributed by atoms with Gasteiger partial charge in [-0.05, 0) is 37.8 Å². The van der Waals surface area contributed by atoms with Gasteiger partial charge in [-0.25, -0.2) is 0 Å². The zero-order valence-corrected chi connectivity index (χ0v) is 15.9. The van der Waals surface area contributed by atoms with Crippen LogP contribution in [0.25, 0.3) is 11.4 Å².